The zero-order valence-electron chi connectivity index (χ0n) is 15.4. The van der Waals surface area contributed by atoms with Gasteiger partial charge in [-0.05, 0) is 49.7 Å². The standard InChI is InChI=1S/C20H22N4O3/c1-14(2)23-12-11-16(13-23)26-18-10-6-9-17-19(18)21-22-24(17)27-20(25)15-7-4-3-5-8-15/h3-10,14,16H,11-13H2,1-2H3. The summed E-state index contributed by atoms with van der Waals surface area (Å²) < 4.78 is 6.17. The van der Waals surface area contributed by atoms with Crippen molar-refractivity contribution < 1.29 is 14.4 Å². The van der Waals surface area contributed by atoms with E-state index in [1.807, 2.05) is 18.2 Å². The normalized spacial score (nSPS) is 17.5. The van der Waals surface area contributed by atoms with Crippen LogP contribution in [0.1, 0.15) is 30.6 Å². The zero-order valence-corrected chi connectivity index (χ0v) is 15.4. The molecule has 140 valence electrons. The number of aromatic nitrogens is 3. The highest BCUT2D eigenvalue weighted by atomic mass is 16.7. The van der Waals surface area contributed by atoms with Crippen molar-refractivity contribution in [2.75, 3.05) is 13.1 Å². The van der Waals surface area contributed by atoms with Gasteiger partial charge in [-0.25, -0.2) is 4.79 Å². The number of rotatable bonds is 5. The first-order valence-electron chi connectivity index (χ1n) is 9.14. The number of benzene rings is 2. The Kier molecular flexibility index (Phi) is 4.77. The molecule has 1 aliphatic rings. The van der Waals surface area contributed by atoms with Crippen LogP contribution in [0.4, 0.5) is 0 Å². The molecule has 7 heteroatoms. The Morgan fingerprint density at radius 1 is 1.15 bits per heavy atom. The van der Waals surface area contributed by atoms with Crippen LogP contribution in [0.15, 0.2) is 48.5 Å². The summed E-state index contributed by atoms with van der Waals surface area (Å²) in [6, 6.07) is 14.8. The fraction of sp³-hybridized carbons (Fsp3) is 0.350. The monoisotopic (exact) mass is 366 g/mol. The van der Waals surface area contributed by atoms with Crippen molar-refractivity contribution in [2.45, 2.75) is 32.4 Å². The van der Waals surface area contributed by atoms with Gasteiger partial charge in [-0.3, -0.25) is 4.90 Å². The molecule has 1 atom stereocenters. The van der Waals surface area contributed by atoms with Gasteiger partial charge in [0, 0.05) is 19.1 Å². The van der Waals surface area contributed by atoms with E-state index in [0.29, 0.717) is 28.4 Å². The predicted molar refractivity (Wildman–Crippen MR) is 101 cm³/mol. The van der Waals surface area contributed by atoms with Gasteiger partial charge in [0.25, 0.3) is 0 Å². The van der Waals surface area contributed by atoms with Crippen LogP contribution in [-0.4, -0.2) is 51.3 Å². The van der Waals surface area contributed by atoms with E-state index in [0.717, 1.165) is 24.4 Å². The van der Waals surface area contributed by atoms with Crippen LogP contribution in [0.25, 0.3) is 11.0 Å². The van der Waals surface area contributed by atoms with Crippen molar-refractivity contribution in [3.63, 3.8) is 0 Å². The molecule has 7 nitrogen and oxygen atoms in total. The lowest BCUT2D eigenvalue weighted by Gasteiger charge is -2.20. The second kappa shape index (κ2) is 7.36. The number of carbonyl (C=O) groups is 1. The summed E-state index contributed by atoms with van der Waals surface area (Å²) >= 11 is 0. The number of likely N-dealkylation sites (tertiary alicyclic amines) is 1. The molecule has 1 unspecified atom stereocenters. The fourth-order valence-electron chi connectivity index (χ4n) is 3.27. The average Bonchev–Trinajstić information content (AvgIpc) is 3.31. The molecule has 3 aromatic rings. The summed E-state index contributed by atoms with van der Waals surface area (Å²) in [6.45, 7) is 6.30. The topological polar surface area (TPSA) is 69.5 Å². The Balaban J connectivity index is 1.53. The molecule has 1 aliphatic heterocycles. The van der Waals surface area contributed by atoms with Gasteiger partial charge in [-0.2, -0.15) is 0 Å². The van der Waals surface area contributed by atoms with E-state index in [9.17, 15) is 4.79 Å². The quantitative estimate of drug-likeness (QED) is 0.647. The maximum Gasteiger partial charge on any atom is 0.365 e. The van der Waals surface area contributed by atoms with Crippen molar-refractivity contribution in [2.24, 2.45) is 0 Å². The third-order valence-corrected chi connectivity index (χ3v) is 4.79. The van der Waals surface area contributed by atoms with E-state index in [2.05, 4.69) is 29.1 Å². The summed E-state index contributed by atoms with van der Waals surface area (Å²) in [4.78, 5) is 21.2. The summed E-state index contributed by atoms with van der Waals surface area (Å²) in [5.41, 5.74) is 1.63. The minimum atomic E-state index is -0.489. The molecule has 1 aromatic heterocycles. The minimum absolute atomic E-state index is 0.120. The molecule has 27 heavy (non-hydrogen) atoms. The minimum Gasteiger partial charge on any atom is -0.487 e. The summed E-state index contributed by atoms with van der Waals surface area (Å²) in [5.74, 6) is 0.169. The highest BCUT2D eigenvalue weighted by Gasteiger charge is 2.26. The number of hydrogen-bond donors (Lipinski definition) is 0. The molecule has 0 amide bonds. The van der Waals surface area contributed by atoms with E-state index in [4.69, 9.17) is 9.57 Å². The Hall–Kier alpha value is -2.93. The molecule has 4 rings (SSSR count). The van der Waals surface area contributed by atoms with Crippen LogP contribution in [0.3, 0.4) is 0 Å². The molecular formula is C20H22N4O3. The van der Waals surface area contributed by atoms with Crippen LogP contribution in [-0.2, 0) is 0 Å². The Bertz CT molecular complexity index is 939. The van der Waals surface area contributed by atoms with Gasteiger partial charge in [0.1, 0.15) is 17.4 Å². The Morgan fingerprint density at radius 3 is 2.70 bits per heavy atom. The SMILES string of the molecule is CC(C)N1CCC(Oc2cccc3c2nnn3OC(=O)c2ccccc2)C1. The van der Waals surface area contributed by atoms with Crippen molar-refractivity contribution >= 4 is 17.0 Å². The van der Waals surface area contributed by atoms with Gasteiger partial charge < -0.3 is 9.57 Å². The van der Waals surface area contributed by atoms with E-state index in [1.165, 1.54) is 0 Å². The van der Waals surface area contributed by atoms with Gasteiger partial charge in [0.15, 0.2) is 5.52 Å². The predicted octanol–water partition coefficient (Wildman–Crippen LogP) is 2.56. The van der Waals surface area contributed by atoms with Crippen molar-refractivity contribution in [3.8, 4) is 5.75 Å². The van der Waals surface area contributed by atoms with Crippen molar-refractivity contribution in [1.82, 2.24) is 20.1 Å². The van der Waals surface area contributed by atoms with Gasteiger partial charge in [-0.15, -0.1) is 5.10 Å². The number of nitrogens with zero attached hydrogens (tertiary/aromatic N) is 4. The molecule has 0 spiro atoms. The lowest BCUT2D eigenvalue weighted by Crippen LogP contribution is -2.30. The van der Waals surface area contributed by atoms with E-state index < -0.39 is 5.97 Å². The first kappa shape index (κ1) is 17.5. The van der Waals surface area contributed by atoms with Crippen LogP contribution in [0.5, 0.6) is 5.75 Å². The van der Waals surface area contributed by atoms with Crippen LogP contribution in [0, 0.1) is 0 Å². The Morgan fingerprint density at radius 2 is 1.96 bits per heavy atom. The molecule has 0 radical (unpaired) electrons. The van der Waals surface area contributed by atoms with Gasteiger partial charge in [-0.1, -0.05) is 29.1 Å². The summed E-state index contributed by atoms with van der Waals surface area (Å²) in [7, 11) is 0. The number of fused-ring (bicyclic) bond motifs is 1. The van der Waals surface area contributed by atoms with Crippen molar-refractivity contribution in [1.29, 1.82) is 0 Å². The van der Waals surface area contributed by atoms with E-state index in [-0.39, 0.29) is 6.10 Å². The van der Waals surface area contributed by atoms with Gasteiger partial charge >= 0.3 is 5.97 Å². The smallest absolute Gasteiger partial charge is 0.365 e. The molecule has 2 aromatic carbocycles. The third-order valence-electron chi connectivity index (χ3n) is 4.79. The molecule has 0 aliphatic carbocycles. The molecule has 0 bridgehead atoms. The second-order valence-corrected chi connectivity index (χ2v) is 6.95. The molecular weight excluding hydrogens is 344 g/mol. The molecule has 0 saturated carbocycles. The zero-order chi connectivity index (χ0) is 18.8. The van der Waals surface area contributed by atoms with Crippen molar-refractivity contribution in [3.05, 3.63) is 54.1 Å². The highest BCUT2D eigenvalue weighted by molar-refractivity contribution is 5.90. The third kappa shape index (κ3) is 3.64. The first-order valence-corrected chi connectivity index (χ1v) is 9.14. The number of hydrogen-bond acceptors (Lipinski definition) is 6. The van der Waals surface area contributed by atoms with Crippen LogP contribution in [0.2, 0.25) is 0 Å². The van der Waals surface area contributed by atoms with Gasteiger partial charge in [0.2, 0.25) is 0 Å². The average molecular weight is 366 g/mol. The first-order chi connectivity index (χ1) is 13.1. The molecule has 1 fully saturated rings. The summed E-state index contributed by atoms with van der Waals surface area (Å²) in [5, 5.41) is 8.13. The van der Waals surface area contributed by atoms with Gasteiger partial charge in [0.05, 0.1) is 5.56 Å². The molecule has 0 N–H and O–H groups in total. The highest BCUT2D eigenvalue weighted by Crippen LogP contribution is 2.26. The van der Waals surface area contributed by atoms with E-state index >= 15 is 0 Å². The van der Waals surface area contributed by atoms with Crippen LogP contribution < -0.4 is 9.57 Å². The Labute approximate surface area is 157 Å². The van der Waals surface area contributed by atoms with Crippen LogP contribution >= 0.6 is 0 Å². The maximum absolute atomic E-state index is 12.3. The fourth-order valence-corrected chi connectivity index (χ4v) is 3.27. The molecule has 2 heterocycles. The number of ether oxygens (including phenoxy) is 1. The molecule has 1 saturated heterocycles. The second-order valence-electron chi connectivity index (χ2n) is 6.95. The lowest BCUT2D eigenvalue weighted by molar-refractivity contribution is 0.0409. The lowest BCUT2D eigenvalue weighted by atomic mass is 10.2. The van der Waals surface area contributed by atoms with E-state index in [1.54, 1.807) is 30.3 Å². The number of carbonyl (C=O) groups excluding carboxylic acids is 1. The summed E-state index contributed by atoms with van der Waals surface area (Å²) in [6.07, 6.45) is 1.10. The largest absolute Gasteiger partial charge is 0.487 e. The maximum atomic E-state index is 12.3.